The maximum absolute atomic E-state index is 7.62. The summed E-state index contributed by atoms with van der Waals surface area (Å²) in [7, 11) is 0. The van der Waals surface area contributed by atoms with Gasteiger partial charge in [-0.15, -0.1) is 0 Å². The van der Waals surface area contributed by atoms with E-state index in [4.69, 9.17) is 11.1 Å². The molecule has 1 aromatic rings. The van der Waals surface area contributed by atoms with Crippen LogP contribution in [0.25, 0.3) is 0 Å². The van der Waals surface area contributed by atoms with E-state index in [1.807, 2.05) is 12.1 Å². The second-order valence-corrected chi connectivity index (χ2v) is 5.48. The van der Waals surface area contributed by atoms with Crippen molar-refractivity contribution in [1.29, 1.82) is 5.41 Å². The molecule has 0 unspecified atom stereocenters. The predicted octanol–water partition coefficient (Wildman–Crippen LogP) is 2.48. The molecule has 0 saturated carbocycles. The van der Waals surface area contributed by atoms with Crippen molar-refractivity contribution in [3.05, 3.63) is 24.0 Å². The molecule has 0 radical (unpaired) electrons. The highest BCUT2D eigenvalue weighted by molar-refractivity contribution is 5.98. The van der Waals surface area contributed by atoms with Crippen LogP contribution in [0, 0.1) is 17.2 Å². The molecule has 0 aliphatic carbocycles. The van der Waals surface area contributed by atoms with Crippen LogP contribution in [-0.2, 0) is 0 Å². The average Bonchev–Trinajstić information content (AvgIpc) is 2.26. The molecule has 1 aromatic heterocycles. The number of rotatable bonds is 6. The molecule has 0 saturated heterocycles. The Hall–Kier alpha value is -1.58. The minimum atomic E-state index is 0.0307. The van der Waals surface area contributed by atoms with Crippen LogP contribution >= 0.6 is 0 Å². The van der Waals surface area contributed by atoms with Gasteiger partial charge in [-0.3, -0.25) is 10.4 Å². The first kappa shape index (κ1) is 14.5. The summed E-state index contributed by atoms with van der Waals surface area (Å²) >= 11 is 0. The van der Waals surface area contributed by atoms with Gasteiger partial charge in [0.2, 0.25) is 0 Å². The van der Waals surface area contributed by atoms with Gasteiger partial charge in [-0.2, -0.15) is 0 Å². The molecule has 1 rings (SSSR count). The summed E-state index contributed by atoms with van der Waals surface area (Å²) in [6.45, 7) is 10.7. The Morgan fingerprint density at radius 2 is 1.83 bits per heavy atom. The van der Waals surface area contributed by atoms with Crippen molar-refractivity contribution in [3.8, 4) is 0 Å². The molecule has 100 valence electrons. The van der Waals surface area contributed by atoms with Gasteiger partial charge in [-0.25, -0.2) is 0 Å². The second-order valence-electron chi connectivity index (χ2n) is 5.48. The highest BCUT2D eigenvalue weighted by atomic mass is 15.1. The highest BCUT2D eigenvalue weighted by Gasteiger charge is 2.16. The molecule has 0 aliphatic rings. The zero-order valence-electron chi connectivity index (χ0n) is 11.8. The molecule has 0 spiro atoms. The number of nitrogens with two attached hydrogens (primary N) is 1. The van der Waals surface area contributed by atoms with Crippen molar-refractivity contribution in [2.75, 3.05) is 18.0 Å². The van der Waals surface area contributed by atoms with Gasteiger partial charge in [-0.05, 0) is 24.0 Å². The lowest BCUT2D eigenvalue weighted by Gasteiger charge is -2.29. The fourth-order valence-corrected chi connectivity index (χ4v) is 2.01. The summed E-state index contributed by atoms with van der Waals surface area (Å²) in [4.78, 5) is 6.50. The Labute approximate surface area is 110 Å². The average molecular weight is 248 g/mol. The van der Waals surface area contributed by atoms with Gasteiger partial charge in [0.1, 0.15) is 11.5 Å². The minimum Gasteiger partial charge on any atom is -0.382 e. The Morgan fingerprint density at radius 3 is 2.28 bits per heavy atom. The van der Waals surface area contributed by atoms with E-state index in [-0.39, 0.29) is 5.84 Å². The van der Waals surface area contributed by atoms with E-state index >= 15 is 0 Å². The molecular formula is C14H24N4. The fourth-order valence-electron chi connectivity index (χ4n) is 2.01. The van der Waals surface area contributed by atoms with Crippen LogP contribution < -0.4 is 10.6 Å². The van der Waals surface area contributed by atoms with Gasteiger partial charge in [0.05, 0.1) is 5.69 Å². The van der Waals surface area contributed by atoms with Gasteiger partial charge >= 0.3 is 0 Å². The van der Waals surface area contributed by atoms with Crippen molar-refractivity contribution < 1.29 is 0 Å². The lowest BCUT2D eigenvalue weighted by Crippen LogP contribution is -2.33. The summed E-state index contributed by atoms with van der Waals surface area (Å²) < 4.78 is 0. The van der Waals surface area contributed by atoms with Crippen LogP contribution in [0.5, 0.6) is 0 Å². The van der Waals surface area contributed by atoms with Crippen LogP contribution in [0.3, 0.4) is 0 Å². The van der Waals surface area contributed by atoms with Crippen molar-refractivity contribution >= 4 is 11.5 Å². The van der Waals surface area contributed by atoms with E-state index in [1.165, 1.54) is 0 Å². The number of hydrogen-bond donors (Lipinski definition) is 2. The molecule has 0 fully saturated rings. The van der Waals surface area contributed by atoms with E-state index in [2.05, 4.69) is 37.6 Å². The Balaban J connectivity index is 3.07. The zero-order chi connectivity index (χ0) is 13.7. The van der Waals surface area contributed by atoms with Crippen LogP contribution in [0.4, 0.5) is 5.69 Å². The monoisotopic (exact) mass is 248 g/mol. The van der Waals surface area contributed by atoms with Crippen LogP contribution in [-0.4, -0.2) is 23.9 Å². The second kappa shape index (κ2) is 6.38. The first-order chi connectivity index (χ1) is 8.41. The topological polar surface area (TPSA) is 66.0 Å². The molecule has 0 aliphatic heterocycles. The summed E-state index contributed by atoms with van der Waals surface area (Å²) in [6, 6.07) is 3.89. The van der Waals surface area contributed by atoms with Gasteiger partial charge in [0.15, 0.2) is 0 Å². The third kappa shape index (κ3) is 4.02. The van der Waals surface area contributed by atoms with Crippen LogP contribution in [0.1, 0.15) is 33.4 Å². The minimum absolute atomic E-state index is 0.0307. The number of nitrogen functional groups attached to an aromatic ring is 1. The maximum Gasteiger partial charge on any atom is 0.143 e. The largest absolute Gasteiger partial charge is 0.382 e. The molecule has 0 aromatic carbocycles. The molecule has 0 atom stereocenters. The Bertz CT molecular complexity index is 389. The Kier molecular flexibility index (Phi) is 5.13. The summed E-state index contributed by atoms with van der Waals surface area (Å²) in [5.74, 6) is 1.15. The van der Waals surface area contributed by atoms with E-state index in [9.17, 15) is 0 Å². The number of aromatic nitrogens is 1. The predicted molar refractivity (Wildman–Crippen MR) is 77.1 cm³/mol. The first-order valence-electron chi connectivity index (χ1n) is 6.46. The number of anilines is 1. The molecule has 0 bridgehead atoms. The molecule has 1 heterocycles. The molecule has 18 heavy (non-hydrogen) atoms. The summed E-state index contributed by atoms with van der Waals surface area (Å²) in [5.41, 5.74) is 7.16. The molecular weight excluding hydrogens is 224 g/mol. The number of nitrogens with one attached hydrogen (secondary N) is 1. The van der Waals surface area contributed by atoms with Gasteiger partial charge < -0.3 is 10.6 Å². The molecule has 4 nitrogen and oxygen atoms in total. The Morgan fingerprint density at radius 1 is 1.28 bits per heavy atom. The van der Waals surface area contributed by atoms with Crippen LogP contribution in [0.15, 0.2) is 18.3 Å². The third-order valence-electron chi connectivity index (χ3n) is 2.55. The van der Waals surface area contributed by atoms with E-state index < -0.39 is 0 Å². The van der Waals surface area contributed by atoms with E-state index in [0.29, 0.717) is 17.5 Å². The standard InChI is InChI=1S/C14H24N4/c1-10(2)8-18(9-11(3)4)12-6-5-7-17-13(12)14(15)16/h5-7,10-11H,8-9H2,1-4H3,(H3,15,16). The SMILES string of the molecule is CC(C)CN(CC(C)C)c1cccnc1C(=N)N. The number of nitrogens with zero attached hydrogens (tertiary/aromatic N) is 2. The van der Waals surface area contributed by atoms with Gasteiger partial charge in [0, 0.05) is 19.3 Å². The maximum atomic E-state index is 7.62. The highest BCUT2D eigenvalue weighted by Crippen LogP contribution is 2.20. The zero-order valence-corrected chi connectivity index (χ0v) is 11.8. The number of hydrogen-bond acceptors (Lipinski definition) is 3. The molecule has 4 heteroatoms. The van der Waals surface area contributed by atoms with Crippen molar-refractivity contribution in [2.45, 2.75) is 27.7 Å². The van der Waals surface area contributed by atoms with E-state index in [0.717, 1.165) is 18.8 Å². The quantitative estimate of drug-likeness (QED) is 0.600. The lowest BCUT2D eigenvalue weighted by atomic mass is 10.1. The fraction of sp³-hybridized carbons (Fsp3) is 0.571. The van der Waals surface area contributed by atoms with Crippen molar-refractivity contribution in [3.63, 3.8) is 0 Å². The smallest absolute Gasteiger partial charge is 0.143 e. The van der Waals surface area contributed by atoms with Gasteiger partial charge in [0.25, 0.3) is 0 Å². The molecule has 3 N–H and O–H groups in total. The lowest BCUT2D eigenvalue weighted by molar-refractivity contribution is 0.552. The van der Waals surface area contributed by atoms with Gasteiger partial charge in [-0.1, -0.05) is 27.7 Å². The molecule has 0 amide bonds. The van der Waals surface area contributed by atoms with Crippen LogP contribution in [0.2, 0.25) is 0 Å². The van der Waals surface area contributed by atoms with E-state index in [1.54, 1.807) is 6.20 Å². The number of amidine groups is 1. The first-order valence-corrected chi connectivity index (χ1v) is 6.46. The third-order valence-corrected chi connectivity index (χ3v) is 2.55. The normalized spacial score (nSPS) is 11.0. The van der Waals surface area contributed by atoms with Crippen molar-refractivity contribution in [2.24, 2.45) is 17.6 Å². The summed E-state index contributed by atoms with van der Waals surface area (Å²) in [5, 5.41) is 7.62. The summed E-state index contributed by atoms with van der Waals surface area (Å²) in [6.07, 6.45) is 1.68. The number of pyridine rings is 1. The van der Waals surface area contributed by atoms with Crippen molar-refractivity contribution in [1.82, 2.24) is 4.98 Å².